The number of hydrogen-bond acceptors (Lipinski definition) is 3. The summed E-state index contributed by atoms with van der Waals surface area (Å²) in [6.45, 7) is 4.79. The van der Waals surface area contributed by atoms with E-state index in [-0.39, 0.29) is 6.03 Å². The summed E-state index contributed by atoms with van der Waals surface area (Å²) in [5.41, 5.74) is 2.36. The summed E-state index contributed by atoms with van der Waals surface area (Å²) in [5.74, 6) is 0.807. The second-order valence-electron chi connectivity index (χ2n) is 6.26. The number of ether oxygens (including phenoxy) is 1. The van der Waals surface area contributed by atoms with Gasteiger partial charge in [-0.25, -0.2) is 4.79 Å². The molecule has 0 radical (unpaired) electrons. The van der Waals surface area contributed by atoms with Crippen molar-refractivity contribution in [1.82, 2.24) is 15.1 Å². The van der Waals surface area contributed by atoms with Crippen LogP contribution in [0.4, 0.5) is 4.79 Å². The Labute approximate surface area is 149 Å². The number of carbonyl (C=O) groups excluding carboxylic acids is 1. The van der Waals surface area contributed by atoms with Gasteiger partial charge in [-0.15, -0.1) is 0 Å². The highest BCUT2D eigenvalue weighted by Gasteiger charge is 2.20. The standard InChI is InChI=1S/C20H25N3O2/c1-25-19-9-5-8-18(14-19)15-21-20(24)23-12-10-22(11-13-23)16-17-6-3-2-4-7-17/h2-9,14H,10-13,15-16H2,1H3,(H,21,24). The Morgan fingerprint density at radius 3 is 2.44 bits per heavy atom. The zero-order chi connectivity index (χ0) is 17.5. The molecule has 1 aliphatic heterocycles. The van der Waals surface area contributed by atoms with Crippen LogP contribution in [0, 0.1) is 0 Å². The molecule has 1 fully saturated rings. The quantitative estimate of drug-likeness (QED) is 0.911. The van der Waals surface area contributed by atoms with Crippen LogP contribution >= 0.6 is 0 Å². The molecule has 1 N–H and O–H groups in total. The van der Waals surface area contributed by atoms with Crippen LogP contribution in [0.25, 0.3) is 0 Å². The Kier molecular flexibility index (Phi) is 5.90. The molecule has 1 saturated heterocycles. The van der Waals surface area contributed by atoms with E-state index in [1.165, 1.54) is 5.56 Å². The topological polar surface area (TPSA) is 44.8 Å². The Morgan fingerprint density at radius 1 is 1.00 bits per heavy atom. The lowest BCUT2D eigenvalue weighted by molar-refractivity contribution is 0.135. The molecule has 0 unspecified atom stereocenters. The molecular formula is C20H25N3O2. The van der Waals surface area contributed by atoms with Crippen LogP contribution < -0.4 is 10.1 Å². The highest BCUT2D eigenvalue weighted by atomic mass is 16.5. The van der Waals surface area contributed by atoms with Crippen LogP contribution in [0.2, 0.25) is 0 Å². The maximum atomic E-state index is 12.4. The molecule has 2 aromatic rings. The van der Waals surface area contributed by atoms with Crippen molar-refractivity contribution in [1.29, 1.82) is 0 Å². The van der Waals surface area contributed by atoms with E-state index < -0.39 is 0 Å². The third kappa shape index (κ3) is 4.97. The summed E-state index contributed by atoms with van der Waals surface area (Å²) in [6.07, 6.45) is 0. The first-order valence-corrected chi connectivity index (χ1v) is 8.66. The van der Waals surface area contributed by atoms with E-state index in [1.807, 2.05) is 35.2 Å². The fourth-order valence-corrected chi connectivity index (χ4v) is 3.02. The summed E-state index contributed by atoms with van der Waals surface area (Å²) < 4.78 is 5.21. The summed E-state index contributed by atoms with van der Waals surface area (Å²) >= 11 is 0. The Bertz CT molecular complexity index is 682. The summed E-state index contributed by atoms with van der Waals surface area (Å²) in [4.78, 5) is 16.6. The minimum absolute atomic E-state index is 0.00202. The molecule has 5 nitrogen and oxygen atoms in total. The number of methoxy groups -OCH3 is 1. The fraction of sp³-hybridized carbons (Fsp3) is 0.350. The van der Waals surface area contributed by atoms with Gasteiger partial charge < -0.3 is 15.0 Å². The molecule has 0 aliphatic carbocycles. The Morgan fingerprint density at radius 2 is 1.72 bits per heavy atom. The number of amides is 2. The highest BCUT2D eigenvalue weighted by Crippen LogP contribution is 2.13. The van der Waals surface area contributed by atoms with Gasteiger partial charge in [0.2, 0.25) is 0 Å². The van der Waals surface area contributed by atoms with E-state index in [0.29, 0.717) is 6.54 Å². The lowest BCUT2D eigenvalue weighted by atomic mass is 10.2. The molecule has 1 aliphatic rings. The maximum absolute atomic E-state index is 12.4. The molecule has 0 aromatic heterocycles. The van der Waals surface area contributed by atoms with Crippen LogP contribution in [-0.4, -0.2) is 49.1 Å². The first-order chi connectivity index (χ1) is 12.2. The number of nitrogens with one attached hydrogen (secondary N) is 1. The molecule has 0 bridgehead atoms. The number of urea groups is 1. The molecule has 3 rings (SSSR count). The van der Waals surface area contributed by atoms with Crippen LogP contribution in [0.3, 0.4) is 0 Å². The van der Waals surface area contributed by atoms with E-state index in [4.69, 9.17) is 4.74 Å². The molecule has 0 atom stereocenters. The molecule has 0 saturated carbocycles. The van der Waals surface area contributed by atoms with Crippen molar-refractivity contribution >= 4 is 6.03 Å². The van der Waals surface area contributed by atoms with Gasteiger partial charge in [0.25, 0.3) is 0 Å². The molecule has 25 heavy (non-hydrogen) atoms. The minimum atomic E-state index is 0.00202. The van der Waals surface area contributed by atoms with Crippen molar-refractivity contribution in [3.63, 3.8) is 0 Å². The second kappa shape index (κ2) is 8.53. The largest absolute Gasteiger partial charge is 0.497 e. The predicted octanol–water partition coefficient (Wildman–Crippen LogP) is 2.72. The van der Waals surface area contributed by atoms with Crippen LogP contribution in [0.15, 0.2) is 54.6 Å². The van der Waals surface area contributed by atoms with Gasteiger partial charge in [-0.3, -0.25) is 4.90 Å². The van der Waals surface area contributed by atoms with Gasteiger partial charge in [0.15, 0.2) is 0 Å². The third-order valence-corrected chi connectivity index (χ3v) is 4.49. The van der Waals surface area contributed by atoms with Crippen molar-refractivity contribution in [3.8, 4) is 5.75 Å². The van der Waals surface area contributed by atoms with Gasteiger partial charge in [-0.05, 0) is 23.3 Å². The summed E-state index contributed by atoms with van der Waals surface area (Å²) in [6, 6.07) is 18.2. The molecule has 2 aromatic carbocycles. The van der Waals surface area contributed by atoms with Gasteiger partial charge in [0.05, 0.1) is 7.11 Å². The van der Waals surface area contributed by atoms with Gasteiger partial charge >= 0.3 is 6.03 Å². The van der Waals surface area contributed by atoms with Crippen molar-refractivity contribution < 1.29 is 9.53 Å². The monoisotopic (exact) mass is 339 g/mol. The molecule has 132 valence electrons. The third-order valence-electron chi connectivity index (χ3n) is 4.49. The van der Waals surface area contributed by atoms with E-state index in [0.717, 1.165) is 44.0 Å². The van der Waals surface area contributed by atoms with E-state index in [1.54, 1.807) is 7.11 Å². The Balaban J connectivity index is 1.43. The fourth-order valence-electron chi connectivity index (χ4n) is 3.02. The zero-order valence-electron chi connectivity index (χ0n) is 14.6. The number of piperazine rings is 1. The van der Waals surface area contributed by atoms with Crippen LogP contribution in [-0.2, 0) is 13.1 Å². The zero-order valence-corrected chi connectivity index (χ0v) is 14.6. The maximum Gasteiger partial charge on any atom is 0.317 e. The number of hydrogen-bond donors (Lipinski definition) is 1. The van der Waals surface area contributed by atoms with Gasteiger partial charge in [0.1, 0.15) is 5.75 Å². The SMILES string of the molecule is COc1cccc(CNC(=O)N2CCN(Cc3ccccc3)CC2)c1. The first-order valence-electron chi connectivity index (χ1n) is 8.66. The van der Waals surface area contributed by atoms with E-state index in [2.05, 4.69) is 34.5 Å². The lowest BCUT2D eigenvalue weighted by Gasteiger charge is -2.34. The molecule has 2 amide bonds. The number of benzene rings is 2. The van der Waals surface area contributed by atoms with Crippen molar-refractivity contribution in [2.24, 2.45) is 0 Å². The summed E-state index contributed by atoms with van der Waals surface area (Å²) in [7, 11) is 1.65. The second-order valence-corrected chi connectivity index (χ2v) is 6.26. The van der Waals surface area contributed by atoms with E-state index >= 15 is 0 Å². The van der Waals surface area contributed by atoms with Gasteiger partial charge in [0, 0.05) is 39.3 Å². The van der Waals surface area contributed by atoms with Crippen LogP contribution in [0.1, 0.15) is 11.1 Å². The number of nitrogens with zero attached hydrogens (tertiary/aromatic N) is 2. The van der Waals surface area contributed by atoms with Gasteiger partial charge in [-0.1, -0.05) is 42.5 Å². The van der Waals surface area contributed by atoms with Crippen molar-refractivity contribution in [3.05, 3.63) is 65.7 Å². The predicted molar refractivity (Wildman–Crippen MR) is 98.5 cm³/mol. The van der Waals surface area contributed by atoms with Gasteiger partial charge in [-0.2, -0.15) is 0 Å². The van der Waals surface area contributed by atoms with Crippen LogP contribution in [0.5, 0.6) is 5.75 Å². The van der Waals surface area contributed by atoms with Crippen molar-refractivity contribution in [2.45, 2.75) is 13.1 Å². The number of carbonyl (C=O) groups is 1. The number of rotatable bonds is 5. The highest BCUT2D eigenvalue weighted by molar-refractivity contribution is 5.74. The minimum Gasteiger partial charge on any atom is -0.497 e. The normalized spacial score (nSPS) is 15.0. The smallest absolute Gasteiger partial charge is 0.317 e. The van der Waals surface area contributed by atoms with Crippen molar-refractivity contribution in [2.75, 3.05) is 33.3 Å². The Hall–Kier alpha value is -2.53. The molecule has 0 spiro atoms. The molecule has 5 heteroatoms. The average Bonchev–Trinajstić information content (AvgIpc) is 2.67. The average molecular weight is 339 g/mol. The molecule has 1 heterocycles. The summed E-state index contributed by atoms with van der Waals surface area (Å²) in [5, 5.41) is 3.00. The van der Waals surface area contributed by atoms with E-state index in [9.17, 15) is 4.79 Å². The first kappa shape index (κ1) is 17.3. The molecular weight excluding hydrogens is 314 g/mol. The lowest BCUT2D eigenvalue weighted by Crippen LogP contribution is -2.51.